The third-order valence-electron chi connectivity index (χ3n) is 3.51. The van der Waals surface area contributed by atoms with E-state index >= 15 is 0 Å². The van der Waals surface area contributed by atoms with Crippen LogP contribution < -0.4 is 10.7 Å². The van der Waals surface area contributed by atoms with Gasteiger partial charge in [-0.3, -0.25) is 14.9 Å². The zero-order chi connectivity index (χ0) is 21.7. The minimum Gasteiger partial charge on any atom is -0.502 e. The van der Waals surface area contributed by atoms with Gasteiger partial charge < -0.3 is 9.52 Å². The Balaban J connectivity index is 1.53. The number of benzene rings is 1. The monoisotopic (exact) mass is 455 g/mol. The SMILES string of the molecule is O=C(/C=C/c1ccc(C(F)(F)F)cc1)Nc1nnc(SCc2cc(=O)c(O)co2)s1. The van der Waals surface area contributed by atoms with Crippen molar-refractivity contribution in [3.8, 4) is 5.75 Å². The van der Waals surface area contributed by atoms with Crippen LogP contribution in [-0.2, 0) is 16.7 Å². The zero-order valence-electron chi connectivity index (χ0n) is 14.8. The van der Waals surface area contributed by atoms with Crippen molar-refractivity contribution in [1.82, 2.24) is 10.2 Å². The lowest BCUT2D eigenvalue weighted by Crippen LogP contribution is -2.07. The van der Waals surface area contributed by atoms with Crippen molar-refractivity contribution in [2.24, 2.45) is 0 Å². The van der Waals surface area contributed by atoms with Gasteiger partial charge in [0.05, 0.1) is 11.3 Å². The number of carbonyl (C=O) groups excluding carboxylic acids is 1. The molecule has 30 heavy (non-hydrogen) atoms. The first-order chi connectivity index (χ1) is 14.2. The van der Waals surface area contributed by atoms with Crippen LogP contribution in [0.2, 0.25) is 0 Å². The number of nitrogens with one attached hydrogen (secondary N) is 1. The Morgan fingerprint density at radius 3 is 2.67 bits per heavy atom. The quantitative estimate of drug-likeness (QED) is 0.327. The van der Waals surface area contributed by atoms with Gasteiger partial charge in [-0.1, -0.05) is 35.2 Å². The highest BCUT2D eigenvalue weighted by Crippen LogP contribution is 2.30. The summed E-state index contributed by atoms with van der Waals surface area (Å²) >= 11 is 2.31. The molecule has 12 heteroatoms. The fourth-order valence-electron chi connectivity index (χ4n) is 2.07. The maximum atomic E-state index is 12.5. The Morgan fingerprint density at radius 1 is 1.27 bits per heavy atom. The maximum absolute atomic E-state index is 12.5. The molecule has 0 aliphatic carbocycles. The number of aromatic hydroxyl groups is 1. The molecule has 0 saturated heterocycles. The molecule has 0 fully saturated rings. The van der Waals surface area contributed by atoms with Gasteiger partial charge in [-0.25, -0.2) is 0 Å². The van der Waals surface area contributed by atoms with E-state index in [9.17, 15) is 22.8 Å². The van der Waals surface area contributed by atoms with Crippen LogP contribution in [-0.4, -0.2) is 21.2 Å². The number of rotatable bonds is 6. The molecule has 156 valence electrons. The summed E-state index contributed by atoms with van der Waals surface area (Å²) in [6.45, 7) is 0. The van der Waals surface area contributed by atoms with E-state index in [1.54, 1.807) is 0 Å². The summed E-state index contributed by atoms with van der Waals surface area (Å²) < 4.78 is 43.2. The van der Waals surface area contributed by atoms with Crippen molar-refractivity contribution in [2.75, 3.05) is 5.32 Å². The second-order valence-electron chi connectivity index (χ2n) is 5.70. The lowest BCUT2D eigenvalue weighted by atomic mass is 10.1. The first kappa shape index (κ1) is 21.6. The molecule has 0 atom stereocenters. The van der Waals surface area contributed by atoms with Crippen LogP contribution in [0.25, 0.3) is 6.08 Å². The number of alkyl halides is 3. The highest BCUT2D eigenvalue weighted by atomic mass is 32.2. The van der Waals surface area contributed by atoms with E-state index in [1.807, 2.05) is 0 Å². The van der Waals surface area contributed by atoms with E-state index < -0.39 is 28.8 Å². The van der Waals surface area contributed by atoms with E-state index in [0.29, 0.717) is 15.7 Å². The number of hydrogen-bond acceptors (Lipinski definition) is 8. The molecule has 0 radical (unpaired) electrons. The molecule has 2 aromatic heterocycles. The third-order valence-corrected chi connectivity index (χ3v) is 5.50. The number of thioether (sulfide) groups is 1. The molecule has 2 heterocycles. The Bertz CT molecular complexity index is 1120. The maximum Gasteiger partial charge on any atom is 0.416 e. The van der Waals surface area contributed by atoms with Gasteiger partial charge >= 0.3 is 6.18 Å². The number of carbonyl (C=O) groups is 1. The lowest BCUT2D eigenvalue weighted by Gasteiger charge is -2.05. The van der Waals surface area contributed by atoms with Gasteiger partial charge in [-0.05, 0) is 23.8 Å². The standard InChI is InChI=1S/C18H12F3N3O4S2/c19-18(20,21)11-4-1-10(2-5-11)3-6-15(27)22-16-23-24-17(30-16)29-9-12-7-13(25)14(26)8-28-12/h1-8,26H,9H2,(H,22,23,27)/b6-3+. The second kappa shape index (κ2) is 9.13. The van der Waals surface area contributed by atoms with Crippen LogP contribution in [0, 0.1) is 0 Å². The van der Waals surface area contributed by atoms with Crippen LogP contribution in [0.3, 0.4) is 0 Å². The van der Waals surface area contributed by atoms with Crippen LogP contribution in [0.15, 0.2) is 56.2 Å². The zero-order valence-corrected chi connectivity index (χ0v) is 16.5. The first-order valence-corrected chi connectivity index (χ1v) is 9.94. The molecular formula is C18H12F3N3O4S2. The van der Waals surface area contributed by atoms with E-state index in [2.05, 4.69) is 15.5 Å². The average Bonchev–Trinajstić information content (AvgIpc) is 3.14. The summed E-state index contributed by atoms with van der Waals surface area (Å²) in [6.07, 6.45) is -0.922. The van der Waals surface area contributed by atoms with Crippen molar-refractivity contribution in [2.45, 2.75) is 16.3 Å². The molecule has 3 rings (SSSR count). The van der Waals surface area contributed by atoms with Crippen LogP contribution in [0.5, 0.6) is 5.75 Å². The molecule has 2 N–H and O–H groups in total. The third kappa shape index (κ3) is 5.94. The minimum absolute atomic E-state index is 0.228. The summed E-state index contributed by atoms with van der Waals surface area (Å²) in [5, 5.41) is 19.6. The van der Waals surface area contributed by atoms with E-state index in [4.69, 9.17) is 9.52 Å². The highest BCUT2D eigenvalue weighted by molar-refractivity contribution is 8.00. The van der Waals surface area contributed by atoms with Crippen molar-refractivity contribution in [3.63, 3.8) is 0 Å². The summed E-state index contributed by atoms with van der Waals surface area (Å²) in [4.78, 5) is 23.3. The lowest BCUT2D eigenvalue weighted by molar-refractivity contribution is -0.137. The molecule has 3 aromatic rings. The van der Waals surface area contributed by atoms with Gasteiger partial charge in [0, 0.05) is 12.1 Å². The van der Waals surface area contributed by atoms with Crippen molar-refractivity contribution in [1.29, 1.82) is 0 Å². The summed E-state index contributed by atoms with van der Waals surface area (Å²) in [7, 11) is 0. The van der Waals surface area contributed by atoms with E-state index in [1.165, 1.54) is 36.0 Å². The van der Waals surface area contributed by atoms with Crippen LogP contribution >= 0.6 is 23.1 Å². The molecule has 1 aromatic carbocycles. The van der Waals surface area contributed by atoms with Gasteiger partial charge in [0.25, 0.3) is 0 Å². The van der Waals surface area contributed by atoms with Crippen molar-refractivity contribution in [3.05, 3.63) is 69.8 Å². The highest BCUT2D eigenvalue weighted by Gasteiger charge is 2.29. The van der Waals surface area contributed by atoms with Crippen LogP contribution in [0.4, 0.5) is 18.3 Å². The van der Waals surface area contributed by atoms with Crippen molar-refractivity contribution < 1.29 is 27.5 Å². The molecule has 0 aliphatic heterocycles. The molecule has 0 spiro atoms. The Morgan fingerprint density at radius 2 is 2.00 bits per heavy atom. The summed E-state index contributed by atoms with van der Waals surface area (Å²) in [5.41, 5.74) is -0.890. The molecule has 0 saturated carbocycles. The van der Waals surface area contributed by atoms with Gasteiger partial charge in [-0.2, -0.15) is 13.2 Å². The molecule has 0 unspecified atom stereocenters. The van der Waals surface area contributed by atoms with Gasteiger partial charge in [0.15, 0.2) is 10.1 Å². The Hall–Kier alpha value is -3.12. The number of amides is 1. The van der Waals surface area contributed by atoms with Crippen molar-refractivity contribution >= 4 is 40.2 Å². The predicted molar refractivity (Wildman–Crippen MR) is 105 cm³/mol. The Labute approximate surface area is 175 Å². The smallest absolute Gasteiger partial charge is 0.416 e. The molecule has 1 amide bonds. The number of nitrogens with zero attached hydrogens (tertiary/aromatic N) is 2. The molecule has 7 nitrogen and oxygen atoms in total. The fraction of sp³-hybridized carbons (Fsp3) is 0.111. The normalized spacial score (nSPS) is 11.7. The number of aromatic nitrogens is 2. The minimum atomic E-state index is -4.42. The molecule has 0 bridgehead atoms. The van der Waals surface area contributed by atoms with E-state index in [-0.39, 0.29) is 10.9 Å². The molecular weight excluding hydrogens is 443 g/mol. The van der Waals surface area contributed by atoms with Gasteiger partial charge in [0.1, 0.15) is 12.0 Å². The largest absolute Gasteiger partial charge is 0.502 e. The molecule has 0 aliphatic rings. The van der Waals surface area contributed by atoms with E-state index in [0.717, 1.165) is 35.8 Å². The second-order valence-corrected chi connectivity index (χ2v) is 7.90. The first-order valence-electron chi connectivity index (χ1n) is 8.14. The van der Waals surface area contributed by atoms with Gasteiger partial charge in [-0.15, -0.1) is 10.2 Å². The number of anilines is 1. The summed E-state index contributed by atoms with van der Waals surface area (Å²) in [5.74, 6) is -0.393. The predicted octanol–water partition coefficient (Wildman–Crippen LogP) is 4.16. The summed E-state index contributed by atoms with van der Waals surface area (Å²) in [6, 6.07) is 5.55. The number of hydrogen-bond donors (Lipinski definition) is 2. The fourth-order valence-corrected chi connectivity index (χ4v) is 3.72. The Kier molecular flexibility index (Phi) is 6.57. The topological polar surface area (TPSA) is 105 Å². The number of halogens is 3. The van der Waals surface area contributed by atoms with Gasteiger partial charge in [0.2, 0.25) is 16.5 Å². The van der Waals surface area contributed by atoms with Crippen LogP contribution in [0.1, 0.15) is 16.9 Å². The average molecular weight is 455 g/mol.